The Morgan fingerprint density at radius 2 is 1.84 bits per heavy atom. The van der Waals surface area contributed by atoms with Crippen LogP contribution in [0.2, 0.25) is 0 Å². The summed E-state index contributed by atoms with van der Waals surface area (Å²) in [4.78, 5) is 14.6. The first-order valence-corrected chi connectivity index (χ1v) is 12.8. The largest absolute Gasteiger partial charge is 1.00 e. The van der Waals surface area contributed by atoms with Crippen molar-refractivity contribution in [3.63, 3.8) is 0 Å². The van der Waals surface area contributed by atoms with Crippen LogP contribution in [0.4, 0.5) is 4.39 Å². The number of phosphoric ester groups is 1. The van der Waals surface area contributed by atoms with Crippen molar-refractivity contribution in [2.24, 2.45) is 16.7 Å². The molecule has 2 aliphatic carbocycles. The van der Waals surface area contributed by atoms with Crippen molar-refractivity contribution in [2.75, 3.05) is 0 Å². The van der Waals surface area contributed by atoms with Gasteiger partial charge >= 0.3 is 37.4 Å². The molecule has 32 heavy (non-hydrogen) atoms. The zero-order chi connectivity index (χ0) is 22.0. The van der Waals surface area contributed by atoms with E-state index >= 15 is 0 Å². The van der Waals surface area contributed by atoms with Gasteiger partial charge < -0.3 is 13.9 Å². The smallest absolute Gasteiger partial charge is 0.746 e. The summed E-state index contributed by atoms with van der Waals surface area (Å²) in [6.45, 7) is 6.26. The van der Waals surface area contributed by atoms with Gasteiger partial charge in [-0.05, 0) is 60.3 Å². The fraction of sp³-hybridized carbons (Fsp3) is 0.417. The minimum atomic E-state index is -4.71. The van der Waals surface area contributed by atoms with Crippen LogP contribution in [0.1, 0.15) is 51.2 Å². The average Bonchev–Trinajstić information content (AvgIpc) is 3.12. The summed E-state index contributed by atoms with van der Waals surface area (Å²) in [6.07, 6.45) is 4.03. The van der Waals surface area contributed by atoms with E-state index in [0.717, 1.165) is 24.2 Å². The summed E-state index contributed by atoms with van der Waals surface area (Å²) in [5.41, 5.74) is 0.481. The van der Waals surface area contributed by atoms with E-state index in [4.69, 9.17) is 9.05 Å². The maximum absolute atomic E-state index is 14.6. The molecule has 2 bridgehead atoms. The molecule has 8 heteroatoms. The molecule has 1 heterocycles. The van der Waals surface area contributed by atoms with Crippen molar-refractivity contribution in [1.82, 2.24) is 0 Å². The minimum absolute atomic E-state index is 0. The number of rotatable bonds is 4. The Balaban J connectivity index is 0.00000245. The third-order valence-corrected chi connectivity index (χ3v) is 9.28. The number of hydrogen-bond donors (Lipinski definition) is 0. The molecular weight excluding hydrogens is 457 g/mol. The Bertz CT molecular complexity index is 1130. The second kappa shape index (κ2) is 8.57. The van der Waals surface area contributed by atoms with Gasteiger partial charge in [0.05, 0.1) is 6.10 Å². The van der Waals surface area contributed by atoms with Gasteiger partial charge in [0.15, 0.2) is 0 Å². The van der Waals surface area contributed by atoms with Gasteiger partial charge in [-0.1, -0.05) is 56.8 Å². The van der Waals surface area contributed by atoms with Crippen molar-refractivity contribution in [3.05, 3.63) is 59.4 Å². The maximum atomic E-state index is 14.6. The zero-order valence-corrected chi connectivity index (χ0v) is 22.5. The van der Waals surface area contributed by atoms with Crippen molar-refractivity contribution in [1.29, 1.82) is 0 Å². The quantitative estimate of drug-likeness (QED) is 0.493. The second-order valence-corrected chi connectivity index (χ2v) is 12.1. The molecule has 4 nitrogen and oxygen atoms in total. The van der Waals surface area contributed by atoms with Crippen LogP contribution in [-0.4, -0.2) is 6.10 Å². The summed E-state index contributed by atoms with van der Waals surface area (Å²) in [5.74, 6) is 0.0939. The summed E-state index contributed by atoms with van der Waals surface area (Å²) in [7, 11) is -4.71. The third-order valence-electron chi connectivity index (χ3n) is 7.24. The van der Waals surface area contributed by atoms with Crippen LogP contribution in [0, 0.1) is 22.6 Å². The van der Waals surface area contributed by atoms with E-state index in [1.165, 1.54) is 23.9 Å². The molecule has 4 atom stereocenters. The molecule has 2 aromatic carbocycles. The van der Waals surface area contributed by atoms with Gasteiger partial charge in [-0.15, -0.1) is 0 Å². The number of fused-ring (bicyclic) bond motifs is 4. The van der Waals surface area contributed by atoms with Crippen molar-refractivity contribution < 1.29 is 52.5 Å². The molecule has 2 saturated carbocycles. The third kappa shape index (κ3) is 4.17. The van der Waals surface area contributed by atoms with Crippen molar-refractivity contribution in [3.8, 4) is 0 Å². The van der Waals surface area contributed by atoms with Crippen molar-refractivity contribution in [2.45, 2.75) is 55.9 Å². The monoisotopic (exact) mass is 482 g/mol. The maximum Gasteiger partial charge on any atom is 1.00 e. The fourth-order valence-electron chi connectivity index (χ4n) is 5.70. The van der Waals surface area contributed by atoms with Gasteiger partial charge in [0.25, 0.3) is 0 Å². The van der Waals surface area contributed by atoms with Gasteiger partial charge in [-0.3, -0.25) is 4.57 Å². The average molecular weight is 482 g/mol. The first-order chi connectivity index (χ1) is 14.6. The van der Waals surface area contributed by atoms with E-state index in [2.05, 4.69) is 20.8 Å². The predicted octanol–water partition coefficient (Wildman–Crippen LogP) is 3.51. The molecule has 1 aliphatic heterocycles. The van der Waals surface area contributed by atoms with E-state index in [0.29, 0.717) is 21.9 Å². The SMILES string of the molecule is CC1(C)[C@@H]2CC[C@@](C)(C2)[C@@H]1OP(=O)([O-])OC1=Cc2c(F)cccc2Sc2ccccc21.[Na+]. The minimum Gasteiger partial charge on any atom is -0.746 e. The topological polar surface area (TPSA) is 58.6 Å². The Morgan fingerprint density at radius 3 is 2.56 bits per heavy atom. The molecule has 3 aliphatic rings. The van der Waals surface area contributed by atoms with E-state index < -0.39 is 19.7 Å². The number of benzene rings is 2. The van der Waals surface area contributed by atoms with Crippen molar-refractivity contribution >= 4 is 31.4 Å². The first kappa shape index (κ1) is 24.5. The van der Waals surface area contributed by atoms with Crippen LogP contribution in [-0.2, 0) is 13.6 Å². The number of phosphoric acid groups is 1. The van der Waals surface area contributed by atoms with Crippen LogP contribution in [0.15, 0.2) is 52.3 Å². The first-order valence-electron chi connectivity index (χ1n) is 10.6. The van der Waals surface area contributed by atoms with E-state index in [9.17, 15) is 13.8 Å². The molecular formula is C24H25FNaO4PS. The van der Waals surface area contributed by atoms with Gasteiger partial charge in [-0.25, -0.2) is 4.39 Å². The zero-order valence-electron chi connectivity index (χ0n) is 18.8. The Morgan fingerprint density at radius 1 is 1.12 bits per heavy atom. The summed E-state index contributed by atoms with van der Waals surface area (Å²) in [6, 6.07) is 12.1. The molecule has 2 fully saturated rings. The Kier molecular flexibility index (Phi) is 6.57. The van der Waals surface area contributed by atoms with Crippen LogP contribution >= 0.6 is 19.6 Å². The second-order valence-electron chi connectivity index (χ2n) is 9.70. The number of hydrogen-bond acceptors (Lipinski definition) is 5. The summed E-state index contributed by atoms with van der Waals surface area (Å²) in [5, 5.41) is 0. The molecule has 0 amide bonds. The van der Waals surface area contributed by atoms with Gasteiger partial charge in [0, 0.05) is 20.9 Å². The van der Waals surface area contributed by atoms with E-state index in [1.54, 1.807) is 18.2 Å². The standard InChI is InChI=1S/C24H26FO4PS.Na/c1-23(2)15-11-12-24(3,14-15)22(23)29-30(26,27)28-19-13-17-18(25)8-6-10-21(17)31-20-9-5-4-7-16(19)20;/h4-10,13,15,22H,11-12,14H2,1-3H3,(H,26,27);/q;+1/p-1/t15-,22-,24+;/m1./s1. The molecule has 0 radical (unpaired) electrons. The molecule has 1 unspecified atom stereocenters. The molecule has 0 N–H and O–H groups in total. The molecule has 5 rings (SSSR count). The Labute approximate surface area is 214 Å². The molecule has 0 spiro atoms. The Hall–Kier alpha value is -0.590. The summed E-state index contributed by atoms with van der Waals surface area (Å²) < 4.78 is 39.0. The normalized spacial score (nSPS) is 29.1. The van der Waals surface area contributed by atoms with Crippen LogP contribution in [0.25, 0.3) is 11.8 Å². The molecule has 0 aromatic heterocycles. The number of halogens is 1. The van der Waals surface area contributed by atoms with Gasteiger partial charge in [0.1, 0.15) is 11.6 Å². The van der Waals surface area contributed by atoms with Gasteiger partial charge in [-0.2, -0.15) is 0 Å². The summed E-state index contributed by atoms with van der Waals surface area (Å²) >= 11 is 1.38. The van der Waals surface area contributed by atoms with E-state index in [-0.39, 0.29) is 46.1 Å². The van der Waals surface area contributed by atoms with Gasteiger partial charge in [0.2, 0.25) is 0 Å². The fourth-order valence-corrected chi connectivity index (χ4v) is 7.99. The predicted molar refractivity (Wildman–Crippen MR) is 118 cm³/mol. The molecule has 0 saturated heterocycles. The van der Waals surface area contributed by atoms with Crippen LogP contribution in [0.3, 0.4) is 0 Å². The van der Waals surface area contributed by atoms with Crippen LogP contribution in [0.5, 0.6) is 0 Å². The van der Waals surface area contributed by atoms with Crippen LogP contribution < -0.4 is 34.5 Å². The van der Waals surface area contributed by atoms with E-state index in [1.807, 2.05) is 18.2 Å². The molecule has 164 valence electrons. The molecule has 2 aromatic rings.